The summed E-state index contributed by atoms with van der Waals surface area (Å²) >= 11 is 1.68. The Morgan fingerprint density at radius 3 is 2.50 bits per heavy atom. The van der Waals surface area contributed by atoms with Crippen molar-refractivity contribution in [3.05, 3.63) is 45.9 Å². The first-order valence-corrected chi connectivity index (χ1v) is 9.82. The molecule has 1 aromatic carbocycles. The van der Waals surface area contributed by atoms with E-state index in [1.54, 1.807) is 30.5 Å². The first-order chi connectivity index (χ1) is 13.3. The third-order valence-electron chi connectivity index (χ3n) is 3.75. The van der Waals surface area contributed by atoms with Gasteiger partial charge in [0.2, 0.25) is 0 Å². The van der Waals surface area contributed by atoms with Gasteiger partial charge < -0.3 is 15.4 Å². The van der Waals surface area contributed by atoms with Gasteiger partial charge in [-0.2, -0.15) is 13.2 Å². The van der Waals surface area contributed by atoms with Crippen LogP contribution < -0.4 is 15.4 Å². The van der Waals surface area contributed by atoms with Crippen molar-refractivity contribution in [2.75, 3.05) is 20.2 Å². The van der Waals surface area contributed by atoms with Crippen molar-refractivity contribution < 1.29 is 17.9 Å². The topological polar surface area (TPSA) is 58.5 Å². The van der Waals surface area contributed by atoms with Gasteiger partial charge in [0.05, 0.1) is 10.7 Å². The smallest absolute Gasteiger partial charge is 0.422 e. The van der Waals surface area contributed by atoms with Gasteiger partial charge >= 0.3 is 6.18 Å². The van der Waals surface area contributed by atoms with Gasteiger partial charge in [-0.05, 0) is 17.7 Å². The van der Waals surface area contributed by atoms with Crippen molar-refractivity contribution in [3.8, 4) is 5.75 Å². The lowest BCUT2D eigenvalue weighted by molar-refractivity contribution is -0.153. The summed E-state index contributed by atoms with van der Waals surface area (Å²) in [5, 5.41) is 9.62. The Labute approximate surface area is 167 Å². The molecule has 0 saturated carbocycles. The Kier molecular flexibility index (Phi) is 8.10. The maximum Gasteiger partial charge on any atom is 0.422 e. The summed E-state index contributed by atoms with van der Waals surface area (Å²) in [6.45, 7) is 4.15. The minimum atomic E-state index is -4.34. The Bertz CT molecular complexity index is 757. The molecule has 9 heteroatoms. The van der Waals surface area contributed by atoms with Crippen molar-refractivity contribution in [3.63, 3.8) is 0 Å². The fourth-order valence-electron chi connectivity index (χ4n) is 2.29. The minimum absolute atomic E-state index is 0.188. The maximum atomic E-state index is 12.2. The number of alkyl halides is 3. The molecule has 2 aromatic rings. The lowest BCUT2D eigenvalue weighted by Gasteiger charge is -2.12. The Morgan fingerprint density at radius 1 is 1.21 bits per heavy atom. The largest absolute Gasteiger partial charge is 0.484 e. The van der Waals surface area contributed by atoms with Crippen molar-refractivity contribution in [2.45, 2.75) is 38.9 Å². The SMILES string of the molecule is CN=C(NCCc1csc(C(C)C)n1)NCc1ccc(OCC(F)(F)F)cc1. The number of nitrogens with zero attached hydrogens (tertiary/aromatic N) is 2. The van der Waals surface area contributed by atoms with Crippen LogP contribution in [0.25, 0.3) is 0 Å². The first kappa shape index (κ1) is 22.0. The summed E-state index contributed by atoms with van der Waals surface area (Å²) in [5.41, 5.74) is 1.97. The molecule has 0 aliphatic heterocycles. The molecule has 1 heterocycles. The summed E-state index contributed by atoms with van der Waals surface area (Å²) in [5.74, 6) is 1.27. The highest BCUT2D eigenvalue weighted by atomic mass is 32.1. The molecule has 0 atom stereocenters. The van der Waals surface area contributed by atoms with Crippen molar-refractivity contribution in [1.82, 2.24) is 15.6 Å². The summed E-state index contributed by atoms with van der Waals surface area (Å²) in [6, 6.07) is 6.48. The number of halogens is 3. The van der Waals surface area contributed by atoms with Crippen LogP contribution >= 0.6 is 11.3 Å². The van der Waals surface area contributed by atoms with Crippen LogP contribution in [0.15, 0.2) is 34.6 Å². The lowest BCUT2D eigenvalue weighted by Crippen LogP contribution is -2.37. The zero-order valence-electron chi connectivity index (χ0n) is 16.1. The van der Waals surface area contributed by atoms with E-state index in [4.69, 9.17) is 4.74 Å². The second kappa shape index (κ2) is 10.3. The highest BCUT2D eigenvalue weighted by molar-refractivity contribution is 7.09. The molecule has 0 aliphatic rings. The molecule has 28 heavy (non-hydrogen) atoms. The van der Waals surface area contributed by atoms with Crippen LogP contribution in [-0.4, -0.2) is 37.3 Å². The number of rotatable bonds is 8. The molecule has 0 aliphatic carbocycles. The Hall–Kier alpha value is -2.29. The molecule has 0 unspecified atom stereocenters. The average molecular weight is 414 g/mol. The highest BCUT2D eigenvalue weighted by Crippen LogP contribution is 2.20. The molecule has 0 spiro atoms. The van der Waals surface area contributed by atoms with Gasteiger partial charge in [-0.15, -0.1) is 11.3 Å². The monoisotopic (exact) mass is 414 g/mol. The van der Waals surface area contributed by atoms with Crippen LogP contribution in [0.4, 0.5) is 13.2 Å². The summed E-state index contributed by atoms with van der Waals surface area (Å²) in [7, 11) is 1.68. The third kappa shape index (κ3) is 7.75. The average Bonchev–Trinajstić information content (AvgIpc) is 3.12. The molecule has 5 nitrogen and oxygen atoms in total. The van der Waals surface area contributed by atoms with E-state index >= 15 is 0 Å². The van der Waals surface area contributed by atoms with Gasteiger partial charge in [-0.25, -0.2) is 4.98 Å². The molecule has 1 aromatic heterocycles. The van der Waals surface area contributed by atoms with Crippen molar-refractivity contribution in [2.24, 2.45) is 4.99 Å². The molecular weight excluding hydrogens is 389 g/mol. The van der Waals surface area contributed by atoms with Gasteiger partial charge in [0.1, 0.15) is 5.75 Å². The number of ether oxygens (including phenoxy) is 1. The first-order valence-electron chi connectivity index (χ1n) is 8.94. The fourth-order valence-corrected chi connectivity index (χ4v) is 3.16. The Balaban J connectivity index is 1.74. The van der Waals surface area contributed by atoms with Crippen LogP contribution in [0.2, 0.25) is 0 Å². The summed E-state index contributed by atoms with van der Waals surface area (Å²) < 4.78 is 41.2. The standard InChI is InChI=1S/C19H25F3N4OS/c1-13(2)17-26-15(11-28-17)8-9-24-18(23-3)25-10-14-4-6-16(7-5-14)27-12-19(20,21)22/h4-7,11,13H,8-10,12H2,1-3H3,(H2,23,24,25). The van der Waals surface area contributed by atoms with E-state index < -0.39 is 12.8 Å². The van der Waals surface area contributed by atoms with E-state index in [1.807, 2.05) is 0 Å². The van der Waals surface area contributed by atoms with Crippen LogP contribution in [0, 0.1) is 0 Å². The zero-order chi connectivity index (χ0) is 20.6. The van der Waals surface area contributed by atoms with Gasteiger partial charge in [-0.3, -0.25) is 4.99 Å². The lowest BCUT2D eigenvalue weighted by atomic mass is 10.2. The van der Waals surface area contributed by atoms with Crippen LogP contribution in [0.1, 0.15) is 36.0 Å². The zero-order valence-corrected chi connectivity index (χ0v) is 17.0. The normalized spacial score (nSPS) is 12.3. The highest BCUT2D eigenvalue weighted by Gasteiger charge is 2.28. The second-order valence-corrected chi connectivity index (χ2v) is 7.37. The van der Waals surface area contributed by atoms with Crippen molar-refractivity contribution >= 4 is 17.3 Å². The number of aromatic nitrogens is 1. The minimum Gasteiger partial charge on any atom is -0.484 e. The predicted octanol–water partition coefficient (Wildman–Crippen LogP) is 4.12. The van der Waals surface area contributed by atoms with Crippen LogP contribution in [-0.2, 0) is 13.0 Å². The van der Waals surface area contributed by atoms with Gasteiger partial charge in [0, 0.05) is 37.9 Å². The molecule has 0 bridgehead atoms. The molecule has 2 N–H and O–H groups in total. The maximum absolute atomic E-state index is 12.2. The number of aliphatic imine (C=N–C) groups is 1. The van der Waals surface area contributed by atoms with E-state index in [0.29, 0.717) is 25.0 Å². The van der Waals surface area contributed by atoms with E-state index in [9.17, 15) is 13.2 Å². The fraction of sp³-hybridized carbons (Fsp3) is 0.474. The number of thiazole rings is 1. The molecule has 0 amide bonds. The van der Waals surface area contributed by atoms with E-state index in [1.165, 1.54) is 12.1 Å². The summed E-state index contributed by atoms with van der Waals surface area (Å²) in [6.07, 6.45) is -3.54. The Morgan fingerprint density at radius 2 is 1.93 bits per heavy atom. The molecule has 0 fully saturated rings. The quantitative estimate of drug-likeness (QED) is 0.504. The molecule has 0 saturated heterocycles. The predicted molar refractivity (Wildman–Crippen MR) is 106 cm³/mol. The van der Waals surface area contributed by atoms with Crippen molar-refractivity contribution in [1.29, 1.82) is 0 Å². The van der Waals surface area contributed by atoms with E-state index in [0.717, 1.165) is 22.7 Å². The number of hydrogen-bond acceptors (Lipinski definition) is 4. The molecule has 2 rings (SSSR count). The molecule has 0 radical (unpaired) electrons. The van der Waals surface area contributed by atoms with Gasteiger partial charge in [0.25, 0.3) is 0 Å². The van der Waals surface area contributed by atoms with E-state index in [2.05, 4.69) is 39.8 Å². The van der Waals surface area contributed by atoms with Gasteiger partial charge in [0.15, 0.2) is 12.6 Å². The number of benzene rings is 1. The third-order valence-corrected chi connectivity index (χ3v) is 4.94. The van der Waals surface area contributed by atoms with Crippen LogP contribution in [0.5, 0.6) is 5.75 Å². The molecule has 154 valence electrons. The second-order valence-electron chi connectivity index (χ2n) is 6.48. The van der Waals surface area contributed by atoms with E-state index in [-0.39, 0.29) is 5.75 Å². The number of guanidine groups is 1. The van der Waals surface area contributed by atoms with Crippen LogP contribution in [0.3, 0.4) is 0 Å². The molecular formula is C19H25F3N4OS. The summed E-state index contributed by atoms with van der Waals surface area (Å²) in [4.78, 5) is 8.77. The number of hydrogen-bond donors (Lipinski definition) is 2. The van der Waals surface area contributed by atoms with Gasteiger partial charge in [-0.1, -0.05) is 26.0 Å². The number of nitrogens with one attached hydrogen (secondary N) is 2.